The summed E-state index contributed by atoms with van der Waals surface area (Å²) in [5.41, 5.74) is 5.42. The average molecular weight is 378 g/mol. The first-order chi connectivity index (χ1) is 13.3. The van der Waals surface area contributed by atoms with Crippen LogP contribution in [0.1, 0.15) is 47.6 Å². The van der Waals surface area contributed by atoms with Gasteiger partial charge in [0, 0.05) is 6.42 Å². The molecule has 0 fully saturated rings. The summed E-state index contributed by atoms with van der Waals surface area (Å²) in [4.78, 5) is 30.4. The maximum absolute atomic E-state index is 12.8. The van der Waals surface area contributed by atoms with Crippen molar-refractivity contribution in [3.63, 3.8) is 0 Å². The molecule has 1 aliphatic heterocycles. The topological polar surface area (TPSA) is 59.0 Å². The van der Waals surface area contributed by atoms with Crippen LogP contribution in [0, 0.1) is 13.8 Å². The highest BCUT2D eigenvalue weighted by Crippen LogP contribution is 2.30. The SMILES string of the molecule is COc1cc(C)c(CC2=NC(=O)N(Cc3ccc(C)cc3)C2=O)cc1C(C)C. The maximum atomic E-state index is 12.8. The summed E-state index contributed by atoms with van der Waals surface area (Å²) in [6.45, 7) is 8.42. The molecule has 0 unspecified atom stereocenters. The lowest BCUT2D eigenvalue weighted by atomic mass is 9.94. The number of carbonyl (C=O) groups is 2. The molecule has 2 aromatic rings. The number of amides is 3. The van der Waals surface area contributed by atoms with Crippen molar-refractivity contribution in [2.45, 2.75) is 46.6 Å². The monoisotopic (exact) mass is 378 g/mol. The van der Waals surface area contributed by atoms with Gasteiger partial charge in [0.05, 0.1) is 13.7 Å². The number of imide groups is 1. The number of aryl methyl sites for hydroxylation is 2. The van der Waals surface area contributed by atoms with Crippen LogP contribution >= 0.6 is 0 Å². The molecule has 1 aliphatic rings. The molecule has 1 heterocycles. The first-order valence-electron chi connectivity index (χ1n) is 9.46. The van der Waals surface area contributed by atoms with Crippen LogP contribution < -0.4 is 4.74 Å². The highest BCUT2D eigenvalue weighted by atomic mass is 16.5. The number of hydrogen-bond donors (Lipinski definition) is 0. The van der Waals surface area contributed by atoms with Gasteiger partial charge in [-0.25, -0.2) is 4.79 Å². The molecule has 3 rings (SSSR count). The summed E-state index contributed by atoms with van der Waals surface area (Å²) in [6.07, 6.45) is 0.338. The number of carbonyl (C=O) groups excluding carboxylic acids is 2. The van der Waals surface area contributed by atoms with E-state index in [9.17, 15) is 9.59 Å². The van der Waals surface area contributed by atoms with Gasteiger partial charge in [-0.1, -0.05) is 49.7 Å². The third-order valence-corrected chi connectivity index (χ3v) is 5.08. The quantitative estimate of drug-likeness (QED) is 0.739. The third kappa shape index (κ3) is 3.98. The number of urea groups is 1. The average Bonchev–Trinajstić information content (AvgIpc) is 2.92. The van der Waals surface area contributed by atoms with Crippen LogP contribution in [0.4, 0.5) is 4.79 Å². The smallest absolute Gasteiger partial charge is 0.351 e. The minimum atomic E-state index is -0.490. The van der Waals surface area contributed by atoms with Crippen LogP contribution in [0.15, 0.2) is 41.4 Å². The van der Waals surface area contributed by atoms with Gasteiger partial charge >= 0.3 is 6.03 Å². The number of methoxy groups -OCH3 is 1. The summed E-state index contributed by atoms with van der Waals surface area (Å²) in [5, 5.41) is 0. The van der Waals surface area contributed by atoms with Gasteiger partial charge in [-0.15, -0.1) is 0 Å². The molecule has 146 valence electrons. The lowest BCUT2D eigenvalue weighted by Gasteiger charge is -2.16. The Hall–Kier alpha value is -2.95. The fraction of sp³-hybridized carbons (Fsp3) is 0.348. The van der Waals surface area contributed by atoms with E-state index in [0.717, 1.165) is 33.6 Å². The molecule has 3 amide bonds. The van der Waals surface area contributed by atoms with Gasteiger partial charge in [0.2, 0.25) is 0 Å². The van der Waals surface area contributed by atoms with Crippen molar-refractivity contribution in [3.8, 4) is 5.75 Å². The van der Waals surface area contributed by atoms with Crippen LogP contribution in [-0.4, -0.2) is 29.7 Å². The van der Waals surface area contributed by atoms with Crippen molar-refractivity contribution >= 4 is 17.6 Å². The van der Waals surface area contributed by atoms with E-state index in [2.05, 4.69) is 24.9 Å². The molecule has 0 saturated carbocycles. The van der Waals surface area contributed by atoms with E-state index in [1.54, 1.807) is 7.11 Å². The van der Waals surface area contributed by atoms with Crippen LogP contribution in [0.5, 0.6) is 5.75 Å². The van der Waals surface area contributed by atoms with Crippen LogP contribution in [0.3, 0.4) is 0 Å². The van der Waals surface area contributed by atoms with Crippen molar-refractivity contribution in [2.75, 3.05) is 7.11 Å². The molecular formula is C23H26N2O3. The Bertz CT molecular complexity index is 943. The van der Waals surface area contributed by atoms with Gasteiger partial charge in [0.15, 0.2) is 0 Å². The molecule has 28 heavy (non-hydrogen) atoms. The zero-order chi connectivity index (χ0) is 20.4. The van der Waals surface area contributed by atoms with Crippen LogP contribution in [-0.2, 0) is 17.8 Å². The van der Waals surface area contributed by atoms with Gasteiger partial charge in [-0.2, -0.15) is 4.99 Å². The van der Waals surface area contributed by atoms with Gasteiger partial charge in [0.1, 0.15) is 11.5 Å². The molecule has 2 aromatic carbocycles. The fourth-order valence-electron chi connectivity index (χ4n) is 3.34. The minimum absolute atomic E-state index is 0.240. The summed E-state index contributed by atoms with van der Waals surface area (Å²) in [7, 11) is 1.66. The molecular weight excluding hydrogens is 352 g/mol. The van der Waals surface area contributed by atoms with E-state index in [0.29, 0.717) is 12.1 Å². The standard InChI is InChI=1S/C23H26N2O3/c1-14(2)19-11-18(16(4)10-21(19)28-5)12-20-22(26)25(23(27)24-20)13-17-8-6-15(3)7-9-17/h6-11,14H,12-13H2,1-5H3. The van der Waals surface area contributed by atoms with Crippen molar-refractivity contribution < 1.29 is 14.3 Å². The molecule has 0 bridgehead atoms. The van der Waals surface area contributed by atoms with Crippen molar-refractivity contribution in [3.05, 3.63) is 64.2 Å². The Morgan fingerprint density at radius 2 is 1.75 bits per heavy atom. The second kappa shape index (κ2) is 7.97. The van der Waals surface area contributed by atoms with E-state index in [1.807, 2.05) is 44.2 Å². The molecule has 0 saturated heterocycles. The summed E-state index contributed by atoms with van der Waals surface area (Å²) in [6, 6.07) is 11.3. The highest BCUT2D eigenvalue weighted by molar-refractivity contribution is 6.46. The van der Waals surface area contributed by atoms with Gasteiger partial charge in [-0.05, 0) is 48.1 Å². The van der Waals surface area contributed by atoms with Crippen LogP contribution in [0.25, 0.3) is 0 Å². The van der Waals surface area contributed by atoms with E-state index in [-0.39, 0.29) is 18.4 Å². The van der Waals surface area contributed by atoms with E-state index in [4.69, 9.17) is 4.74 Å². The van der Waals surface area contributed by atoms with Crippen LogP contribution in [0.2, 0.25) is 0 Å². The summed E-state index contributed by atoms with van der Waals surface area (Å²) >= 11 is 0. The number of nitrogens with zero attached hydrogens (tertiary/aromatic N) is 2. The Labute approximate surface area is 166 Å². The number of hydrogen-bond acceptors (Lipinski definition) is 3. The first kappa shape index (κ1) is 19.8. The van der Waals surface area contributed by atoms with Crippen molar-refractivity contribution in [1.29, 1.82) is 0 Å². The maximum Gasteiger partial charge on any atom is 0.351 e. The van der Waals surface area contributed by atoms with Gasteiger partial charge in [-0.3, -0.25) is 9.69 Å². The highest BCUT2D eigenvalue weighted by Gasteiger charge is 2.33. The minimum Gasteiger partial charge on any atom is -0.496 e. The molecule has 0 spiro atoms. The number of rotatable bonds is 6. The predicted molar refractivity (Wildman–Crippen MR) is 110 cm³/mol. The molecule has 0 N–H and O–H groups in total. The molecule has 0 radical (unpaired) electrons. The Morgan fingerprint density at radius 1 is 1.07 bits per heavy atom. The molecule has 0 atom stereocenters. The lowest BCUT2D eigenvalue weighted by Crippen LogP contribution is -2.32. The number of ether oxygens (including phenoxy) is 1. The Morgan fingerprint density at radius 3 is 2.36 bits per heavy atom. The molecule has 0 aliphatic carbocycles. The Kier molecular flexibility index (Phi) is 5.63. The van der Waals surface area contributed by atoms with E-state index < -0.39 is 6.03 Å². The lowest BCUT2D eigenvalue weighted by molar-refractivity contribution is -0.121. The van der Waals surface area contributed by atoms with E-state index >= 15 is 0 Å². The summed E-state index contributed by atoms with van der Waals surface area (Å²) < 4.78 is 5.48. The number of benzene rings is 2. The second-order valence-electron chi connectivity index (χ2n) is 7.57. The normalized spacial score (nSPS) is 14.1. The largest absolute Gasteiger partial charge is 0.496 e. The molecule has 5 heteroatoms. The molecule has 0 aromatic heterocycles. The van der Waals surface area contributed by atoms with Gasteiger partial charge in [0.25, 0.3) is 5.91 Å². The number of aliphatic imine (C=N–C) groups is 1. The zero-order valence-electron chi connectivity index (χ0n) is 17.1. The fourth-order valence-corrected chi connectivity index (χ4v) is 3.34. The van der Waals surface area contributed by atoms with Crippen molar-refractivity contribution in [2.24, 2.45) is 4.99 Å². The second-order valence-corrected chi connectivity index (χ2v) is 7.57. The third-order valence-electron chi connectivity index (χ3n) is 5.08. The first-order valence-corrected chi connectivity index (χ1v) is 9.46. The predicted octanol–water partition coefficient (Wildman–Crippen LogP) is 4.58. The van der Waals surface area contributed by atoms with Gasteiger partial charge < -0.3 is 4.74 Å². The molecule has 5 nitrogen and oxygen atoms in total. The zero-order valence-corrected chi connectivity index (χ0v) is 17.1. The van der Waals surface area contributed by atoms with E-state index in [1.165, 1.54) is 4.90 Å². The Balaban J connectivity index is 1.81. The van der Waals surface area contributed by atoms with Crippen molar-refractivity contribution in [1.82, 2.24) is 4.90 Å². The summed E-state index contributed by atoms with van der Waals surface area (Å²) in [5.74, 6) is 0.815.